The Morgan fingerprint density at radius 3 is 2.38 bits per heavy atom. The van der Waals surface area contributed by atoms with Gasteiger partial charge in [-0.2, -0.15) is 0 Å². The van der Waals surface area contributed by atoms with Crippen LogP contribution < -0.4 is 0 Å². The largest absolute Gasteiger partial charge is 0.547 e. The van der Waals surface area contributed by atoms with Gasteiger partial charge in [0.2, 0.25) is 8.32 Å². The van der Waals surface area contributed by atoms with Crippen molar-refractivity contribution in [3.8, 4) is 0 Å². The van der Waals surface area contributed by atoms with Gasteiger partial charge in [0.25, 0.3) is 0 Å². The lowest BCUT2D eigenvalue weighted by atomic mass is 9.47. The highest BCUT2D eigenvalue weighted by Gasteiger charge is 2.63. The summed E-state index contributed by atoms with van der Waals surface area (Å²) < 4.78 is 13.9. The van der Waals surface area contributed by atoms with Gasteiger partial charge in [0.1, 0.15) is 0 Å². The number of carbonyl (C=O) groups is 1. The first-order valence-corrected chi connectivity index (χ1v) is 20.5. The number of hydrogen-bond donors (Lipinski definition) is 0. The predicted molar refractivity (Wildman–Crippen MR) is 147 cm³/mol. The van der Waals surface area contributed by atoms with Crippen molar-refractivity contribution in [3.05, 3.63) is 35.1 Å². The van der Waals surface area contributed by atoms with Gasteiger partial charge < -0.3 is 8.85 Å². The van der Waals surface area contributed by atoms with E-state index in [-0.39, 0.29) is 22.7 Å². The molecule has 0 radical (unpaired) electrons. The van der Waals surface area contributed by atoms with Crippen molar-refractivity contribution in [2.45, 2.75) is 105 Å². The molecule has 4 aliphatic rings. The Hall–Kier alpha value is -0.916. The van der Waals surface area contributed by atoms with Gasteiger partial charge in [0.15, 0.2) is 14.1 Å². The second kappa shape index (κ2) is 8.59. The average molecular weight is 501 g/mol. The van der Waals surface area contributed by atoms with Crippen LogP contribution >= 0.6 is 0 Å². The molecule has 3 nitrogen and oxygen atoms in total. The van der Waals surface area contributed by atoms with E-state index in [1.165, 1.54) is 24.2 Å². The summed E-state index contributed by atoms with van der Waals surface area (Å²) in [4.78, 5) is 12.3. The Bertz CT molecular complexity index is 934. The first kappa shape index (κ1) is 26.2. The van der Waals surface area contributed by atoms with Crippen LogP contribution in [0, 0.1) is 34.5 Å². The van der Waals surface area contributed by atoms with Crippen LogP contribution in [-0.4, -0.2) is 28.5 Å². The summed E-state index contributed by atoms with van der Waals surface area (Å²) in [6.45, 7) is 23.6. The van der Waals surface area contributed by atoms with Gasteiger partial charge in [-0.3, -0.25) is 4.79 Å². The SMILES string of the molecule is CCC(O[Si](C)(C)C)=C1C(C)C[C@H]2[C@@H]3CCC4=CC(=O)C=C[C@]4(C)[C@H]3C(O[Si](C)(C)C)C[C@]12C. The zero-order valence-electron chi connectivity index (χ0n) is 23.4. The molecule has 4 rings (SSSR count). The molecule has 0 aromatic rings. The Morgan fingerprint density at radius 2 is 1.79 bits per heavy atom. The van der Waals surface area contributed by atoms with Crippen LogP contribution in [0.4, 0.5) is 0 Å². The van der Waals surface area contributed by atoms with E-state index in [9.17, 15) is 4.79 Å². The normalized spacial score (nSPS) is 41.4. The molecular weight excluding hydrogens is 452 g/mol. The van der Waals surface area contributed by atoms with Gasteiger partial charge in [-0.1, -0.05) is 39.3 Å². The van der Waals surface area contributed by atoms with Gasteiger partial charge in [-0.05, 0) is 112 Å². The zero-order valence-corrected chi connectivity index (χ0v) is 25.4. The molecule has 0 spiro atoms. The van der Waals surface area contributed by atoms with Crippen molar-refractivity contribution in [1.29, 1.82) is 0 Å². The lowest BCUT2D eigenvalue weighted by Gasteiger charge is -2.60. The molecule has 4 aliphatic carbocycles. The summed E-state index contributed by atoms with van der Waals surface area (Å²) >= 11 is 0. The molecule has 0 N–H and O–H groups in total. The standard InChI is InChI=1S/C29H48O3Si2/c1-11-24(31-33(5,6)7)26-19(2)16-23-22-13-12-20-17-21(30)14-15-28(20,3)27(22)25(18-29(23,26)4)32-34(8,9)10/h14-15,17,19,22-23,25,27H,11-13,16,18H2,1-10H3/t19?,22-,23-,25?,27+,28-,29-/m0/s1. The molecule has 0 aromatic carbocycles. The molecule has 0 aliphatic heterocycles. The highest BCUT2D eigenvalue weighted by molar-refractivity contribution is 6.70. The molecule has 7 atom stereocenters. The summed E-state index contributed by atoms with van der Waals surface area (Å²) in [5.74, 6) is 3.71. The van der Waals surface area contributed by atoms with Crippen LogP contribution in [0.1, 0.15) is 59.8 Å². The third kappa shape index (κ3) is 4.50. The summed E-state index contributed by atoms with van der Waals surface area (Å²) in [6, 6.07) is 0. The van der Waals surface area contributed by atoms with Crippen LogP contribution in [0.2, 0.25) is 39.3 Å². The predicted octanol–water partition coefficient (Wildman–Crippen LogP) is 7.89. The van der Waals surface area contributed by atoms with Gasteiger partial charge >= 0.3 is 0 Å². The van der Waals surface area contributed by atoms with Gasteiger partial charge in [-0.15, -0.1) is 0 Å². The minimum Gasteiger partial charge on any atom is -0.547 e. The van der Waals surface area contributed by atoms with Gasteiger partial charge in [0.05, 0.1) is 11.9 Å². The zero-order chi connectivity index (χ0) is 25.3. The maximum absolute atomic E-state index is 12.3. The Morgan fingerprint density at radius 1 is 1.12 bits per heavy atom. The quantitative estimate of drug-likeness (QED) is 0.284. The highest BCUT2D eigenvalue weighted by atomic mass is 28.4. The first-order chi connectivity index (χ1) is 15.6. The molecule has 34 heavy (non-hydrogen) atoms. The van der Waals surface area contributed by atoms with E-state index in [0.29, 0.717) is 23.7 Å². The van der Waals surface area contributed by atoms with Crippen LogP contribution in [0.3, 0.4) is 0 Å². The fraction of sp³-hybridized carbons (Fsp3) is 0.759. The van der Waals surface area contributed by atoms with Crippen molar-refractivity contribution < 1.29 is 13.6 Å². The monoisotopic (exact) mass is 500 g/mol. The topological polar surface area (TPSA) is 35.5 Å². The van der Waals surface area contributed by atoms with E-state index in [0.717, 1.165) is 19.3 Å². The third-order valence-electron chi connectivity index (χ3n) is 9.14. The molecule has 0 amide bonds. The maximum atomic E-state index is 12.3. The van der Waals surface area contributed by atoms with Crippen LogP contribution in [0.25, 0.3) is 0 Å². The number of ketones is 1. The Labute approximate surface area is 210 Å². The number of hydrogen-bond acceptors (Lipinski definition) is 3. The molecule has 0 bridgehead atoms. The number of fused-ring (bicyclic) bond motifs is 5. The minimum atomic E-state index is -1.76. The first-order valence-electron chi connectivity index (χ1n) is 13.6. The molecule has 0 saturated heterocycles. The summed E-state index contributed by atoms with van der Waals surface area (Å²) in [5.41, 5.74) is 3.00. The second-order valence-corrected chi connectivity index (χ2v) is 22.8. The molecule has 2 unspecified atom stereocenters. The fourth-order valence-corrected chi connectivity index (χ4v) is 10.4. The summed E-state index contributed by atoms with van der Waals surface area (Å²) in [7, 11) is -3.45. The van der Waals surface area contributed by atoms with Crippen LogP contribution in [0.15, 0.2) is 35.1 Å². The van der Waals surface area contributed by atoms with Crippen LogP contribution in [0.5, 0.6) is 0 Å². The van der Waals surface area contributed by atoms with E-state index in [1.54, 1.807) is 5.57 Å². The second-order valence-electron chi connectivity index (χ2n) is 14.0. The molecule has 5 heteroatoms. The van der Waals surface area contributed by atoms with E-state index < -0.39 is 16.6 Å². The fourth-order valence-electron chi connectivity index (χ4n) is 8.29. The number of rotatable bonds is 5. The molecule has 0 aromatic heterocycles. The average Bonchev–Trinajstić information content (AvgIpc) is 2.94. The number of carbonyl (C=O) groups excluding carboxylic acids is 1. The maximum Gasteiger partial charge on any atom is 0.241 e. The van der Waals surface area contributed by atoms with Crippen molar-refractivity contribution in [1.82, 2.24) is 0 Å². The lowest BCUT2D eigenvalue weighted by molar-refractivity contribution is -0.112. The van der Waals surface area contributed by atoms with Crippen molar-refractivity contribution >= 4 is 22.4 Å². The lowest BCUT2D eigenvalue weighted by Crippen LogP contribution is -2.57. The Kier molecular flexibility index (Phi) is 6.61. The van der Waals surface area contributed by atoms with Crippen molar-refractivity contribution in [2.24, 2.45) is 34.5 Å². The van der Waals surface area contributed by atoms with Crippen molar-refractivity contribution in [3.63, 3.8) is 0 Å². The molecule has 3 saturated carbocycles. The van der Waals surface area contributed by atoms with E-state index in [2.05, 4.69) is 73.1 Å². The Balaban J connectivity index is 1.83. The molecular formula is C29H48O3Si2. The van der Waals surface area contributed by atoms with Crippen molar-refractivity contribution in [2.75, 3.05) is 0 Å². The summed E-state index contributed by atoms with van der Waals surface area (Å²) in [5, 5.41) is 0. The minimum absolute atomic E-state index is 0.0689. The highest BCUT2D eigenvalue weighted by Crippen LogP contribution is 2.68. The van der Waals surface area contributed by atoms with E-state index >= 15 is 0 Å². The molecule has 190 valence electrons. The molecule has 0 heterocycles. The number of allylic oxidation sites excluding steroid dienone is 6. The third-order valence-corrected chi connectivity index (χ3v) is 11.0. The van der Waals surface area contributed by atoms with Crippen LogP contribution in [-0.2, 0) is 13.6 Å². The molecule has 3 fully saturated rings. The van der Waals surface area contributed by atoms with E-state index in [1.807, 2.05) is 12.2 Å². The summed E-state index contributed by atoms with van der Waals surface area (Å²) in [6.07, 6.45) is 11.7. The van der Waals surface area contributed by atoms with Gasteiger partial charge in [0, 0.05) is 11.8 Å². The van der Waals surface area contributed by atoms with Gasteiger partial charge in [-0.25, -0.2) is 0 Å². The van der Waals surface area contributed by atoms with E-state index in [4.69, 9.17) is 8.85 Å². The smallest absolute Gasteiger partial charge is 0.241 e.